The molecule has 0 saturated heterocycles. The standard InChI is InChI=1S/C14H18N2O2/c1-4-5-9-6-12(15)11-7-10(17-2)8-13(18-3)14(11)16-9/h6-8H,4-5H2,1-3H3,(H2,15,16). The molecule has 2 rings (SSSR count). The van der Waals surface area contributed by atoms with Crippen LogP contribution in [0.15, 0.2) is 18.2 Å². The average Bonchev–Trinajstić information content (AvgIpc) is 2.38. The number of fused-ring (bicyclic) bond motifs is 1. The van der Waals surface area contributed by atoms with Crippen molar-refractivity contribution in [1.29, 1.82) is 0 Å². The lowest BCUT2D eigenvalue weighted by Crippen LogP contribution is -1.98. The third kappa shape index (κ3) is 2.18. The SMILES string of the molecule is CCCc1cc(N)c2cc(OC)cc(OC)c2n1. The summed E-state index contributed by atoms with van der Waals surface area (Å²) < 4.78 is 10.6. The van der Waals surface area contributed by atoms with Gasteiger partial charge in [-0.2, -0.15) is 0 Å². The number of ether oxygens (including phenoxy) is 2. The molecule has 0 spiro atoms. The van der Waals surface area contributed by atoms with Gasteiger partial charge in [-0.25, -0.2) is 4.98 Å². The van der Waals surface area contributed by atoms with Gasteiger partial charge in [0, 0.05) is 22.8 Å². The molecule has 1 aromatic heterocycles. The Balaban J connectivity index is 2.70. The van der Waals surface area contributed by atoms with E-state index in [1.54, 1.807) is 14.2 Å². The van der Waals surface area contributed by atoms with Crippen molar-refractivity contribution in [2.75, 3.05) is 20.0 Å². The predicted molar refractivity (Wildman–Crippen MR) is 73.3 cm³/mol. The van der Waals surface area contributed by atoms with E-state index in [4.69, 9.17) is 15.2 Å². The van der Waals surface area contributed by atoms with Gasteiger partial charge in [-0.3, -0.25) is 0 Å². The zero-order valence-electron chi connectivity index (χ0n) is 11.0. The summed E-state index contributed by atoms with van der Waals surface area (Å²) in [4.78, 5) is 4.61. The molecule has 0 aliphatic rings. The minimum atomic E-state index is 0.689. The molecule has 0 saturated carbocycles. The van der Waals surface area contributed by atoms with Crippen LogP contribution in [0.25, 0.3) is 10.9 Å². The van der Waals surface area contributed by atoms with Gasteiger partial charge in [0.05, 0.1) is 14.2 Å². The third-order valence-corrected chi connectivity index (χ3v) is 2.90. The fraction of sp³-hybridized carbons (Fsp3) is 0.357. The largest absolute Gasteiger partial charge is 0.497 e. The number of nitrogens with zero attached hydrogens (tertiary/aromatic N) is 1. The number of methoxy groups -OCH3 is 2. The van der Waals surface area contributed by atoms with Crippen LogP contribution in [0, 0.1) is 0 Å². The summed E-state index contributed by atoms with van der Waals surface area (Å²) >= 11 is 0. The first-order valence-corrected chi connectivity index (χ1v) is 6.00. The quantitative estimate of drug-likeness (QED) is 0.901. The lowest BCUT2D eigenvalue weighted by atomic mass is 10.1. The molecule has 2 aromatic rings. The molecular weight excluding hydrogens is 228 g/mol. The number of nitrogen functional groups attached to an aromatic ring is 1. The second-order valence-electron chi connectivity index (χ2n) is 4.18. The van der Waals surface area contributed by atoms with Crippen molar-refractivity contribution in [2.45, 2.75) is 19.8 Å². The Bertz CT molecular complexity index is 567. The highest BCUT2D eigenvalue weighted by Crippen LogP contribution is 2.33. The minimum Gasteiger partial charge on any atom is -0.497 e. The molecule has 0 unspecified atom stereocenters. The van der Waals surface area contributed by atoms with Gasteiger partial charge in [-0.15, -0.1) is 0 Å². The molecule has 1 aromatic carbocycles. The number of aromatic nitrogens is 1. The van der Waals surface area contributed by atoms with E-state index in [-0.39, 0.29) is 0 Å². The van der Waals surface area contributed by atoms with Gasteiger partial charge < -0.3 is 15.2 Å². The van der Waals surface area contributed by atoms with E-state index in [1.807, 2.05) is 18.2 Å². The normalized spacial score (nSPS) is 10.6. The highest BCUT2D eigenvalue weighted by molar-refractivity contribution is 5.95. The monoisotopic (exact) mass is 246 g/mol. The fourth-order valence-electron chi connectivity index (χ4n) is 2.01. The Morgan fingerprint density at radius 2 is 1.94 bits per heavy atom. The van der Waals surface area contributed by atoms with Crippen molar-refractivity contribution in [3.05, 3.63) is 23.9 Å². The van der Waals surface area contributed by atoms with E-state index in [1.165, 1.54) is 0 Å². The summed E-state index contributed by atoms with van der Waals surface area (Å²) in [6, 6.07) is 5.63. The molecule has 0 aliphatic heterocycles. The van der Waals surface area contributed by atoms with Crippen molar-refractivity contribution in [2.24, 2.45) is 0 Å². The second-order valence-corrected chi connectivity index (χ2v) is 4.18. The van der Waals surface area contributed by atoms with E-state index in [0.29, 0.717) is 11.4 Å². The summed E-state index contributed by atoms with van der Waals surface area (Å²) in [6.07, 6.45) is 1.95. The molecular formula is C14H18N2O2. The van der Waals surface area contributed by atoms with Crippen LogP contribution < -0.4 is 15.2 Å². The average molecular weight is 246 g/mol. The number of hydrogen-bond donors (Lipinski definition) is 1. The Morgan fingerprint density at radius 1 is 1.17 bits per heavy atom. The Labute approximate surface area is 107 Å². The molecule has 0 aliphatic carbocycles. The number of anilines is 1. The van der Waals surface area contributed by atoms with Crippen LogP contribution in [0.4, 0.5) is 5.69 Å². The maximum absolute atomic E-state index is 6.08. The van der Waals surface area contributed by atoms with Gasteiger partial charge in [0.1, 0.15) is 17.0 Å². The zero-order chi connectivity index (χ0) is 13.1. The van der Waals surface area contributed by atoms with Crippen LogP contribution in [0.3, 0.4) is 0 Å². The maximum atomic E-state index is 6.08. The van der Waals surface area contributed by atoms with Gasteiger partial charge in [0.25, 0.3) is 0 Å². The van der Waals surface area contributed by atoms with Crippen molar-refractivity contribution in [3.63, 3.8) is 0 Å². The van der Waals surface area contributed by atoms with Crippen LogP contribution in [0.2, 0.25) is 0 Å². The lowest BCUT2D eigenvalue weighted by molar-refractivity contribution is 0.397. The summed E-state index contributed by atoms with van der Waals surface area (Å²) in [6.45, 7) is 2.12. The number of hydrogen-bond acceptors (Lipinski definition) is 4. The van der Waals surface area contributed by atoms with Gasteiger partial charge in [0.15, 0.2) is 0 Å². The number of nitrogens with two attached hydrogens (primary N) is 1. The lowest BCUT2D eigenvalue weighted by Gasteiger charge is -2.11. The van der Waals surface area contributed by atoms with E-state index >= 15 is 0 Å². The molecule has 1 heterocycles. The number of aryl methyl sites for hydroxylation is 1. The predicted octanol–water partition coefficient (Wildman–Crippen LogP) is 2.79. The molecule has 4 nitrogen and oxygen atoms in total. The van der Waals surface area contributed by atoms with E-state index in [2.05, 4.69) is 11.9 Å². The van der Waals surface area contributed by atoms with Crippen molar-refractivity contribution in [3.8, 4) is 11.5 Å². The molecule has 2 N–H and O–H groups in total. The van der Waals surface area contributed by atoms with Crippen LogP contribution >= 0.6 is 0 Å². The zero-order valence-corrected chi connectivity index (χ0v) is 11.0. The molecule has 96 valence electrons. The van der Waals surface area contributed by atoms with Gasteiger partial charge in [0.2, 0.25) is 0 Å². The van der Waals surface area contributed by atoms with Gasteiger partial charge in [-0.1, -0.05) is 13.3 Å². The first-order chi connectivity index (χ1) is 8.69. The fourth-order valence-corrected chi connectivity index (χ4v) is 2.01. The van der Waals surface area contributed by atoms with Crippen molar-refractivity contribution in [1.82, 2.24) is 4.98 Å². The van der Waals surface area contributed by atoms with Crippen molar-refractivity contribution < 1.29 is 9.47 Å². The second kappa shape index (κ2) is 5.12. The summed E-state index contributed by atoms with van der Waals surface area (Å²) in [7, 11) is 3.24. The third-order valence-electron chi connectivity index (χ3n) is 2.90. The van der Waals surface area contributed by atoms with Crippen molar-refractivity contribution >= 4 is 16.6 Å². The topological polar surface area (TPSA) is 57.4 Å². The first kappa shape index (κ1) is 12.5. The van der Waals surface area contributed by atoms with Crippen LogP contribution in [-0.2, 0) is 6.42 Å². The summed E-state index contributed by atoms with van der Waals surface area (Å²) in [5.74, 6) is 1.41. The van der Waals surface area contributed by atoms with Crippen LogP contribution in [-0.4, -0.2) is 19.2 Å². The Hall–Kier alpha value is -1.97. The minimum absolute atomic E-state index is 0.689. The number of benzene rings is 1. The highest BCUT2D eigenvalue weighted by atomic mass is 16.5. The summed E-state index contributed by atoms with van der Waals surface area (Å²) in [5, 5.41) is 0.867. The Kier molecular flexibility index (Phi) is 3.55. The molecule has 18 heavy (non-hydrogen) atoms. The van der Waals surface area contributed by atoms with Gasteiger partial charge in [-0.05, 0) is 18.6 Å². The molecule has 0 atom stereocenters. The van der Waals surface area contributed by atoms with E-state index < -0.39 is 0 Å². The molecule has 0 bridgehead atoms. The number of rotatable bonds is 4. The molecule has 0 amide bonds. The molecule has 0 radical (unpaired) electrons. The van der Waals surface area contributed by atoms with Gasteiger partial charge >= 0.3 is 0 Å². The van der Waals surface area contributed by atoms with E-state index in [9.17, 15) is 0 Å². The molecule has 0 fully saturated rings. The van der Waals surface area contributed by atoms with Crippen LogP contribution in [0.5, 0.6) is 11.5 Å². The highest BCUT2D eigenvalue weighted by Gasteiger charge is 2.10. The smallest absolute Gasteiger partial charge is 0.148 e. The van der Waals surface area contributed by atoms with E-state index in [0.717, 1.165) is 35.2 Å². The first-order valence-electron chi connectivity index (χ1n) is 6.00. The number of pyridine rings is 1. The maximum Gasteiger partial charge on any atom is 0.148 e. The summed E-state index contributed by atoms with van der Waals surface area (Å²) in [5.41, 5.74) is 8.58. The van der Waals surface area contributed by atoms with Crippen LogP contribution in [0.1, 0.15) is 19.0 Å². The molecule has 4 heteroatoms. The Morgan fingerprint density at radius 3 is 2.56 bits per heavy atom.